The van der Waals surface area contributed by atoms with E-state index in [0.29, 0.717) is 28.3 Å². The van der Waals surface area contributed by atoms with E-state index in [0.717, 1.165) is 28.1 Å². The first kappa shape index (κ1) is 18.7. The summed E-state index contributed by atoms with van der Waals surface area (Å²) in [6.07, 6.45) is 0. The number of nitrogens with zero attached hydrogens (tertiary/aromatic N) is 3. The van der Waals surface area contributed by atoms with Crippen LogP contribution in [0, 0.1) is 36.5 Å². The van der Waals surface area contributed by atoms with Crippen LogP contribution in [-0.2, 0) is 13.2 Å². The van der Waals surface area contributed by atoms with Crippen LogP contribution in [-0.4, -0.2) is 9.67 Å². The molecule has 1 heterocycles. The second kappa shape index (κ2) is 7.68. The molecule has 0 aliphatic rings. The maximum atomic E-state index is 9.73. The number of hydrogen-bond donors (Lipinski definition) is 1. The van der Waals surface area contributed by atoms with E-state index in [-0.39, 0.29) is 6.61 Å². The molecule has 1 aromatic heterocycles. The minimum absolute atomic E-state index is 0.119. The minimum atomic E-state index is -0.119. The Morgan fingerprint density at radius 3 is 2.48 bits per heavy atom. The van der Waals surface area contributed by atoms with Crippen LogP contribution in [0.15, 0.2) is 42.5 Å². The number of aliphatic hydroxyl groups excluding tert-OH is 1. The lowest BCUT2D eigenvalue weighted by Crippen LogP contribution is -2.05. The molecule has 0 spiro atoms. The summed E-state index contributed by atoms with van der Waals surface area (Å²) in [5.41, 5.74) is 6.38. The molecule has 27 heavy (non-hydrogen) atoms. The monoisotopic (exact) mass is 375 g/mol. The molecule has 0 saturated heterocycles. The van der Waals surface area contributed by atoms with Gasteiger partial charge in [-0.1, -0.05) is 35.9 Å². The molecular formula is C22H18ClN3O. The fourth-order valence-electron chi connectivity index (χ4n) is 3.38. The Morgan fingerprint density at radius 2 is 1.81 bits per heavy atom. The zero-order chi connectivity index (χ0) is 19.6. The summed E-state index contributed by atoms with van der Waals surface area (Å²) in [6, 6.07) is 17.3. The van der Waals surface area contributed by atoms with E-state index in [1.54, 1.807) is 18.2 Å². The summed E-state index contributed by atoms with van der Waals surface area (Å²) in [6.45, 7) is 4.34. The fourth-order valence-corrected chi connectivity index (χ4v) is 3.56. The van der Waals surface area contributed by atoms with E-state index in [1.807, 2.05) is 38.1 Å². The highest BCUT2D eigenvalue weighted by Crippen LogP contribution is 2.33. The van der Waals surface area contributed by atoms with Crippen molar-refractivity contribution >= 4 is 11.6 Å². The highest BCUT2D eigenvalue weighted by atomic mass is 35.5. The molecule has 0 radical (unpaired) electrons. The summed E-state index contributed by atoms with van der Waals surface area (Å²) >= 11 is 6.09. The molecule has 0 atom stereocenters. The fraction of sp³-hybridized carbons (Fsp3) is 0.182. The first-order valence-electron chi connectivity index (χ1n) is 8.48. The van der Waals surface area contributed by atoms with Crippen LogP contribution < -0.4 is 0 Å². The van der Waals surface area contributed by atoms with Gasteiger partial charge >= 0.3 is 0 Å². The molecule has 0 fully saturated rings. The second-order valence-electron chi connectivity index (χ2n) is 6.40. The van der Waals surface area contributed by atoms with Gasteiger partial charge in [0.1, 0.15) is 6.07 Å². The van der Waals surface area contributed by atoms with Crippen molar-refractivity contribution in [3.8, 4) is 23.3 Å². The van der Waals surface area contributed by atoms with Gasteiger partial charge in [0, 0.05) is 28.5 Å². The average molecular weight is 376 g/mol. The van der Waals surface area contributed by atoms with Crippen molar-refractivity contribution in [1.29, 1.82) is 10.5 Å². The van der Waals surface area contributed by atoms with Crippen molar-refractivity contribution in [1.82, 2.24) is 4.57 Å². The molecule has 0 bridgehead atoms. The van der Waals surface area contributed by atoms with Gasteiger partial charge in [-0.2, -0.15) is 10.5 Å². The summed E-state index contributed by atoms with van der Waals surface area (Å²) in [7, 11) is 0. The van der Waals surface area contributed by atoms with E-state index >= 15 is 0 Å². The van der Waals surface area contributed by atoms with Crippen LogP contribution in [0.3, 0.4) is 0 Å². The smallest absolute Gasteiger partial charge is 0.102 e. The van der Waals surface area contributed by atoms with Crippen molar-refractivity contribution in [3.05, 3.63) is 81.1 Å². The largest absolute Gasteiger partial charge is 0.392 e. The zero-order valence-electron chi connectivity index (χ0n) is 15.1. The molecule has 3 rings (SSSR count). The quantitative estimate of drug-likeness (QED) is 0.717. The van der Waals surface area contributed by atoms with E-state index in [2.05, 4.69) is 16.7 Å². The van der Waals surface area contributed by atoms with Crippen molar-refractivity contribution in [2.75, 3.05) is 0 Å². The molecule has 5 heteroatoms. The Kier molecular flexibility index (Phi) is 5.33. The predicted octanol–water partition coefficient (Wildman–Crippen LogP) is 4.71. The van der Waals surface area contributed by atoms with Gasteiger partial charge < -0.3 is 9.67 Å². The standard InChI is InChI=1S/C22H18ClN3O/c1-14-20(11-25)22(18-5-3-4-16(8-18)10-24)15(2)26(14)12-17-6-7-21(23)19(9-17)13-27/h3-9,27H,12-13H2,1-2H3. The Balaban J connectivity index is 2.12. The molecule has 0 unspecified atom stereocenters. The predicted molar refractivity (Wildman–Crippen MR) is 105 cm³/mol. The number of rotatable bonds is 4. The number of hydrogen-bond acceptors (Lipinski definition) is 3. The van der Waals surface area contributed by atoms with E-state index in [4.69, 9.17) is 11.6 Å². The first-order chi connectivity index (χ1) is 13.0. The van der Waals surface area contributed by atoms with Gasteiger partial charge in [-0.3, -0.25) is 0 Å². The SMILES string of the molecule is Cc1c(C#N)c(-c2cccc(C#N)c2)c(C)n1Cc1ccc(Cl)c(CO)c1. The van der Waals surface area contributed by atoms with Crippen LogP contribution in [0.2, 0.25) is 5.02 Å². The molecule has 134 valence electrons. The molecule has 4 nitrogen and oxygen atoms in total. The van der Waals surface area contributed by atoms with E-state index in [9.17, 15) is 15.6 Å². The summed E-state index contributed by atoms with van der Waals surface area (Å²) in [4.78, 5) is 0. The summed E-state index contributed by atoms with van der Waals surface area (Å²) in [5.74, 6) is 0. The van der Waals surface area contributed by atoms with Crippen LogP contribution >= 0.6 is 11.6 Å². The van der Waals surface area contributed by atoms with Gasteiger partial charge in [0.15, 0.2) is 0 Å². The Bertz CT molecular complexity index is 1100. The Morgan fingerprint density at radius 1 is 1.04 bits per heavy atom. The van der Waals surface area contributed by atoms with Gasteiger partial charge in [0.2, 0.25) is 0 Å². The van der Waals surface area contributed by atoms with Gasteiger partial charge in [-0.15, -0.1) is 0 Å². The van der Waals surface area contributed by atoms with Gasteiger partial charge in [0.25, 0.3) is 0 Å². The topological polar surface area (TPSA) is 72.7 Å². The summed E-state index contributed by atoms with van der Waals surface area (Å²) in [5, 5.41) is 28.9. The van der Waals surface area contributed by atoms with Crippen molar-refractivity contribution in [2.24, 2.45) is 0 Å². The zero-order valence-corrected chi connectivity index (χ0v) is 15.9. The van der Waals surface area contributed by atoms with Crippen molar-refractivity contribution in [2.45, 2.75) is 27.0 Å². The minimum Gasteiger partial charge on any atom is -0.392 e. The number of halogens is 1. The average Bonchev–Trinajstić information content (AvgIpc) is 2.93. The Hall–Kier alpha value is -3.05. The Labute approximate surface area is 163 Å². The lowest BCUT2D eigenvalue weighted by atomic mass is 9.99. The van der Waals surface area contributed by atoms with Crippen LogP contribution in [0.1, 0.15) is 33.6 Å². The molecule has 2 aromatic carbocycles. The van der Waals surface area contributed by atoms with Crippen LogP contribution in [0.25, 0.3) is 11.1 Å². The molecular weight excluding hydrogens is 358 g/mol. The molecule has 0 saturated carbocycles. The second-order valence-corrected chi connectivity index (χ2v) is 6.80. The van der Waals surface area contributed by atoms with Gasteiger partial charge in [-0.05, 0) is 48.7 Å². The molecule has 0 aliphatic carbocycles. The molecule has 0 aliphatic heterocycles. The highest BCUT2D eigenvalue weighted by Gasteiger charge is 2.19. The normalized spacial score (nSPS) is 10.4. The third kappa shape index (κ3) is 3.46. The van der Waals surface area contributed by atoms with Crippen LogP contribution in [0.5, 0.6) is 0 Å². The number of aliphatic hydroxyl groups is 1. The lowest BCUT2D eigenvalue weighted by Gasteiger charge is -2.12. The third-order valence-electron chi connectivity index (χ3n) is 4.80. The molecule has 0 amide bonds. The maximum Gasteiger partial charge on any atom is 0.102 e. The number of nitriles is 2. The van der Waals surface area contributed by atoms with Crippen LogP contribution in [0.4, 0.5) is 0 Å². The van der Waals surface area contributed by atoms with Gasteiger partial charge in [-0.25, -0.2) is 0 Å². The highest BCUT2D eigenvalue weighted by molar-refractivity contribution is 6.31. The van der Waals surface area contributed by atoms with Crippen molar-refractivity contribution < 1.29 is 5.11 Å². The third-order valence-corrected chi connectivity index (χ3v) is 5.17. The van der Waals surface area contributed by atoms with Gasteiger partial charge in [0.05, 0.1) is 23.8 Å². The van der Waals surface area contributed by atoms with Crippen molar-refractivity contribution in [3.63, 3.8) is 0 Å². The number of aromatic nitrogens is 1. The molecule has 3 aromatic rings. The maximum absolute atomic E-state index is 9.73. The first-order valence-corrected chi connectivity index (χ1v) is 8.86. The number of benzene rings is 2. The lowest BCUT2D eigenvalue weighted by molar-refractivity contribution is 0.282. The van der Waals surface area contributed by atoms with E-state index < -0.39 is 0 Å². The summed E-state index contributed by atoms with van der Waals surface area (Å²) < 4.78 is 2.08. The van der Waals surface area contributed by atoms with E-state index in [1.165, 1.54) is 0 Å². The molecule has 1 N–H and O–H groups in total.